The number of nitro benzene ring substituents is 2. The molecule has 0 fully saturated rings. The molecule has 1 aromatic rings. The summed E-state index contributed by atoms with van der Waals surface area (Å²) in [6.07, 6.45) is -0.0531. The Labute approximate surface area is 90.0 Å². The Morgan fingerprint density at radius 1 is 1.12 bits per heavy atom. The van der Waals surface area contributed by atoms with E-state index in [0.717, 1.165) is 18.2 Å². The van der Waals surface area contributed by atoms with Crippen LogP contribution in [0.4, 0.5) is 11.4 Å². The van der Waals surface area contributed by atoms with Crippen LogP contribution in [0.25, 0.3) is 0 Å². The van der Waals surface area contributed by atoms with Gasteiger partial charge in [0.2, 0.25) is 0 Å². The van der Waals surface area contributed by atoms with Crippen LogP contribution in [0.3, 0.4) is 0 Å². The summed E-state index contributed by atoms with van der Waals surface area (Å²) in [5.41, 5.74) is -0.496. The largest absolute Gasteiger partial charge is 0.300 e. The highest BCUT2D eigenvalue weighted by atomic mass is 16.6. The van der Waals surface area contributed by atoms with Gasteiger partial charge in [0.05, 0.1) is 15.9 Å². The fourth-order valence-electron chi connectivity index (χ4n) is 1.26. The van der Waals surface area contributed by atoms with E-state index in [4.69, 9.17) is 0 Å². The Balaban J connectivity index is 3.23. The summed E-state index contributed by atoms with van der Waals surface area (Å²) in [4.78, 5) is 30.4. The van der Waals surface area contributed by atoms with E-state index in [1.54, 1.807) is 0 Å². The molecule has 0 aromatic heterocycles. The van der Waals surface area contributed by atoms with E-state index in [1.807, 2.05) is 0 Å². The molecule has 0 aliphatic heterocycles. The normalized spacial score (nSPS) is 9.81. The van der Waals surface area contributed by atoms with E-state index in [0.29, 0.717) is 0 Å². The van der Waals surface area contributed by atoms with Crippen LogP contribution in [0.2, 0.25) is 0 Å². The number of non-ortho nitro benzene ring substituents is 2. The average molecular weight is 224 g/mol. The van der Waals surface area contributed by atoms with Crippen LogP contribution in [0.1, 0.15) is 12.5 Å². The molecule has 0 N–H and O–H groups in total. The molecule has 16 heavy (non-hydrogen) atoms. The van der Waals surface area contributed by atoms with E-state index < -0.39 is 9.85 Å². The Morgan fingerprint density at radius 2 is 1.56 bits per heavy atom. The quantitative estimate of drug-likeness (QED) is 0.571. The minimum Gasteiger partial charge on any atom is -0.300 e. The molecule has 0 aliphatic rings. The number of carbonyl (C=O) groups excluding carboxylic acids is 1. The molecule has 1 rings (SSSR count). The average Bonchev–Trinajstić information content (AvgIpc) is 2.15. The summed E-state index contributed by atoms with van der Waals surface area (Å²) >= 11 is 0. The van der Waals surface area contributed by atoms with E-state index in [1.165, 1.54) is 6.92 Å². The maximum absolute atomic E-state index is 10.8. The van der Waals surface area contributed by atoms with Crippen LogP contribution in [-0.4, -0.2) is 15.6 Å². The second-order valence-electron chi connectivity index (χ2n) is 3.25. The van der Waals surface area contributed by atoms with E-state index in [9.17, 15) is 25.0 Å². The topological polar surface area (TPSA) is 103 Å². The highest BCUT2D eigenvalue weighted by Gasteiger charge is 2.16. The number of ketones is 1. The number of rotatable bonds is 4. The van der Waals surface area contributed by atoms with Gasteiger partial charge in [-0.25, -0.2) is 0 Å². The second kappa shape index (κ2) is 4.47. The van der Waals surface area contributed by atoms with Gasteiger partial charge < -0.3 is 0 Å². The molecule has 84 valence electrons. The fourth-order valence-corrected chi connectivity index (χ4v) is 1.26. The lowest BCUT2D eigenvalue weighted by Crippen LogP contribution is -2.00. The maximum atomic E-state index is 10.8. The van der Waals surface area contributed by atoms with Crippen molar-refractivity contribution in [3.8, 4) is 0 Å². The Hall–Kier alpha value is -2.31. The minimum atomic E-state index is -0.726. The number of carbonyl (C=O) groups is 1. The molecular formula is C9H8N2O5. The molecule has 0 heterocycles. The molecule has 0 saturated heterocycles. The van der Waals surface area contributed by atoms with Crippen LogP contribution in [0.5, 0.6) is 0 Å². The first kappa shape index (κ1) is 11.8. The summed E-state index contributed by atoms with van der Waals surface area (Å²) in [5, 5.41) is 21.0. The number of Topliss-reactive ketones (excluding diaryl/α,β-unsaturated/α-hetero) is 1. The van der Waals surface area contributed by atoms with Crippen LogP contribution >= 0.6 is 0 Å². The Kier molecular flexibility index (Phi) is 3.29. The van der Waals surface area contributed by atoms with Gasteiger partial charge >= 0.3 is 0 Å². The lowest BCUT2D eigenvalue weighted by Gasteiger charge is -1.98. The number of nitrogens with zero attached hydrogens (tertiary/aromatic N) is 2. The van der Waals surface area contributed by atoms with Crippen LogP contribution < -0.4 is 0 Å². The minimum absolute atomic E-state index is 0.0531. The van der Waals surface area contributed by atoms with E-state index in [-0.39, 0.29) is 29.1 Å². The van der Waals surface area contributed by atoms with E-state index in [2.05, 4.69) is 0 Å². The van der Waals surface area contributed by atoms with E-state index >= 15 is 0 Å². The van der Waals surface area contributed by atoms with Gasteiger partial charge in [0.15, 0.2) is 0 Å². The van der Waals surface area contributed by atoms with Gasteiger partial charge in [0, 0.05) is 18.6 Å². The van der Waals surface area contributed by atoms with Gasteiger partial charge in [-0.15, -0.1) is 0 Å². The third kappa shape index (κ3) is 2.84. The number of nitro groups is 2. The van der Waals surface area contributed by atoms with Crippen molar-refractivity contribution in [1.82, 2.24) is 0 Å². The van der Waals surface area contributed by atoms with Gasteiger partial charge in [0.25, 0.3) is 11.4 Å². The lowest BCUT2D eigenvalue weighted by atomic mass is 10.1. The molecule has 0 saturated carbocycles. The molecule has 7 nitrogen and oxygen atoms in total. The van der Waals surface area contributed by atoms with Gasteiger partial charge in [-0.1, -0.05) is 0 Å². The molecule has 0 bridgehead atoms. The van der Waals surface area contributed by atoms with Gasteiger partial charge in [0.1, 0.15) is 5.78 Å². The molecule has 0 spiro atoms. The number of hydrogen-bond donors (Lipinski definition) is 0. The monoisotopic (exact) mass is 224 g/mol. The zero-order valence-corrected chi connectivity index (χ0v) is 8.37. The highest BCUT2D eigenvalue weighted by Crippen LogP contribution is 2.22. The summed E-state index contributed by atoms with van der Waals surface area (Å²) in [6, 6.07) is 3.19. The number of benzene rings is 1. The molecule has 0 unspecified atom stereocenters. The molecular weight excluding hydrogens is 216 g/mol. The third-order valence-electron chi connectivity index (χ3n) is 1.84. The van der Waals surface area contributed by atoms with Crippen molar-refractivity contribution in [2.24, 2.45) is 0 Å². The second-order valence-corrected chi connectivity index (χ2v) is 3.25. The smallest absolute Gasteiger partial charge is 0.276 e. The summed E-state index contributed by atoms with van der Waals surface area (Å²) in [6.45, 7) is 1.31. The molecule has 7 heteroatoms. The third-order valence-corrected chi connectivity index (χ3v) is 1.84. The predicted molar refractivity (Wildman–Crippen MR) is 54.1 cm³/mol. The standard InChI is InChI=1S/C9H8N2O5/c1-6(12)2-7-3-8(10(13)14)5-9(4-7)11(15)16/h3-5H,2H2,1H3. The predicted octanol–water partition coefficient (Wildman–Crippen LogP) is 1.63. The van der Waals surface area contributed by atoms with Crippen molar-refractivity contribution in [3.05, 3.63) is 44.0 Å². The van der Waals surface area contributed by atoms with Crippen molar-refractivity contribution in [3.63, 3.8) is 0 Å². The first-order chi connectivity index (χ1) is 7.40. The first-order valence-corrected chi connectivity index (χ1v) is 4.32. The molecule has 1 aromatic carbocycles. The Bertz CT molecular complexity index is 437. The summed E-state index contributed by atoms with van der Waals surface area (Å²) < 4.78 is 0. The van der Waals surface area contributed by atoms with Crippen LogP contribution in [0, 0.1) is 20.2 Å². The maximum Gasteiger partial charge on any atom is 0.276 e. The van der Waals surface area contributed by atoms with Gasteiger partial charge in [-0.2, -0.15) is 0 Å². The summed E-state index contributed by atoms with van der Waals surface area (Å²) in [7, 11) is 0. The van der Waals surface area contributed by atoms with Crippen molar-refractivity contribution >= 4 is 17.2 Å². The lowest BCUT2D eigenvalue weighted by molar-refractivity contribution is -0.394. The molecule has 0 radical (unpaired) electrons. The van der Waals surface area contributed by atoms with Crippen molar-refractivity contribution in [2.45, 2.75) is 13.3 Å². The van der Waals surface area contributed by atoms with Gasteiger partial charge in [-0.3, -0.25) is 25.0 Å². The molecule has 0 amide bonds. The molecule has 0 atom stereocenters. The van der Waals surface area contributed by atoms with Crippen LogP contribution in [0.15, 0.2) is 18.2 Å². The fraction of sp³-hybridized carbons (Fsp3) is 0.222. The highest BCUT2D eigenvalue weighted by molar-refractivity contribution is 5.78. The summed E-state index contributed by atoms with van der Waals surface area (Å²) in [5.74, 6) is -0.213. The SMILES string of the molecule is CC(=O)Cc1cc([N+](=O)[O-])cc([N+](=O)[O-])c1. The van der Waals surface area contributed by atoms with Crippen molar-refractivity contribution in [2.75, 3.05) is 0 Å². The zero-order valence-electron chi connectivity index (χ0n) is 8.37. The first-order valence-electron chi connectivity index (χ1n) is 4.32. The van der Waals surface area contributed by atoms with Crippen molar-refractivity contribution < 1.29 is 14.6 Å². The number of hydrogen-bond acceptors (Lipinski definition) is 5. The zero-order chi connectivity index (χ0) is 12.3. The molecule has 0 aliphatic carbocycles. The van der Waals surface area contributed by atoms with Crippen molar-refractivity contribution in [1.29, 1.82) is 0 Å². The Morgan fingerprint density at radius 3 is 1.88 bits per heavy atom. The van der Waals surface area contributed by atoms with Gasteiger partial charge in [-0.05, 0) is 12.5 Å². The van der Waals surface area contributed by atoms with Crippen LogP contribution in [-0.2, 0) is 11.2 Å².